The van der Waals surface area contributed by atoms with Gasteiger partial charge in [0, 0.05) is 41.9 Å². The Morgan fingerprint density at radius 1 is 1.06 bits per heavy atom. The Balaban J connectivity index is 1.41. The number of anilines is 4. The number of aliphatic hydroxyl groups excluding tert-OH is 1. The third-order valence-electron chi connectivity index (χ3n) is 5.43. The Bertz CT molecular complexity index is 1070. The summed E-state index contributed by atoms with van der Waals surface area (Å²) in [5.74, 6) is 0.0535. The van der Waals surface area contributed by atoms with Gasteiger partial charge in [0.1, 0.15) is 6.04 Å². The summed E-state index contributed by atoms with van der Waals surface area (Å²) in [6, 6.07) is 16.3. The van der Waals surface area contributed by atoms with E-state index in [1.54, 1.807) is 18.3 Å². The highest BCUT2D eigenvalue weighted by Gasteiger charge is 2.18. The number of ether oxygens (including phenoxy) is 1. The van der Waals surface area contributed by atoms with Gasteiger partial charge in [0.2, 0.25) is 11.9 Å². The van der Waals surface area contributed by atoms with Crippen molar-refractivity contribution in [2.75, 3.05) is 41.8 Å². The number of nitrogens with zero attached hydrogens (tertiary/aromatic N) is 3. The normalized spacial score (nSPS) is 15.5. The van der Waals surface area contributed by atoms with Crippen LogP contribution in [0.15, 0.2) is 60.8 Å². The van der Waals surface area contributed by atoms with Crippen molar-refractivity contribution in [3.8, 4) is 11.3 Å². The Morgan fingerprint density at radius 3 is 2.39 bits per heavy atom. The SMILES string of the molecule is C[C@@H](O)[C@H](N)C(=O)Nc1ccc(-c2ccnc(Nc3ccc(N4CCOCC4)cc3)n2)cc1. The first kappa shape index (κ1) is 22.7. The highest BCUT2D eigenvalue weighted by Crippen LogP contribution is 2.23. The predicted molar refractivity (Wildman–Crippen MR) is 129 cm³/mol. The number of benzene rings is 2. The molecular weight excluding hydrogens is 420 g/mol. The number of hydrogen-bond donors (Lipinski definition) is 4. The first-order chi connectivity index (χ1) is 16.0. The number of carbonyl (C=O) groups is 1. The summed E-state index contributed by atoms with van der Waals surface area (Å²) in [6.45, 7) is 4.78. The molecule has 0 unspecified atom stereocenters. The van der Waals surface area contributed by atoms with Gasteiger partial charge in [0.15, 0.2) is 0 Å². The average molecular weight is 449 g/mol. The number of carbonyl (C=O) groups excluding carboxylic acids is 1. The number of aliphatic hydroxyl groups is 1. The number of nitrogens with two attached hydrogens (primary N) is 1. The van der Waals surface area contributed by atoms with E-state index in [2.05, 4.69) is 37.6 Å². The van der Waals surface area contributed by atoms with Crippen LogP contribution < -0.4 is 21.3 Å². The fraction of sp³-hybridized carbons (Fsp3) is 0.292. The second kappa shape index (κ2) is 10.4. The van der Waals surface area contributed by atoms with Crippen LogP contribution >= 0.6 is 0 Å². The zero-order valence-electron chi connectivity index (χ0n) is 18.4. The quantitative estimate of drug-likeness (QED) is 0.434. The lowest BCUT2D eigenvalue weighted by molar-refractivity contribution is -0.119. The molecular formula is C24H28N6O3. The highest BCUT2D eigenvalue weighted by atomic mass is 16.5. The summed E-state index contributed by atoms with van der Waals surface area (Å²) in [5, 5.41) is 15.4. The number of amides is 1. The van der Waals surface area contributed by atoms with E-state index in [0.29, 0.717) is 11.6 Å². The standard InChI is InChI=1S/C24H28N6O3/c1-16(31)22(25)23(32)27-18-4-2-17(3-5-18)21-10-11-26-24(29-21)28-19-6-8-20(9-7-19)30-12-14-33-15-13-30/h2-11,16,22,31H,12-15,25H2,1H3,(H,27,32)(H,26,28,29)/t16-,22+/m1/s1. The van der Waals surface area contributed by atoms with Crippen LogP contribution in [0.4, 0.5) is 23.0 Å². The van der Waals surface area contributed by atoms with Gasteiger partial charge in [-0.25, -0.2) is 9.97 Å². The highest BCUT2D eigenvalue weighted by molar-refractivity contribution is 5.95. The monoisotopic (exact) mass is 448 g/mol. The van der Waals surface area contributed by atoms with E-state index in [1.165, 1.54) is 12.6 Å². The van der Waals surface area contributed by atoms with Gasteiger partial charge in [0.05, 0.1) is 25.0 Å². The summed E-state index contributed by atoms with van der Waals surface area (Å²) < 4.78 is 5.41. The molecule has 1 saturated heterocycles. The van der Waals surface area contributed by atoms with Crippen LogP contribution in [0, 0.1) is 0 Å². The van der Waals surface area contributed by atoms with E-state index in [0.717, 1.165) is 43.2 Å². The lowest BCUT2D eigenvalue weighted by atomic mass is 10.1. The third kappa shape index (κ3) is 5.83. The fourth-order valence-corrected chi connectivity index (χ4v) is 3.45. The molecule has 1 amide bonds. The lowest BCUT2D eigenvalue weighted by Gasteiger charge is -2.28. The molecule has 1 aromatic heterocycles. The van der Waals surface area contributed by atoms with Crippen molar-refractivity contribution in [2.45, 2.75) is 19.1 Å². The minimum atomic E-state index is -0.983. The maximum atomic E-state index is 12.0. The topological polar surface area (TPSA) is 126 Å². The van der Waals surface area contributed by atoms with E-state index >= 15 is 0 Å². The smallest absolute Gasteiger partial charge is 0.243 e. The first-order valence-corrected chi connectivity index (χ1v) is 10.9. The number of rotatable bonds is 7. The van der Waals surface area contributed by atoms with Gasteiger partial charge >= 0.3 is 0 Å². The molecule has 5 N–H and O–H groups in total. The molecule has 0 aliphatic carbocycles. The number of aromatic nitrogens is 2. The van der Waals surface area contributed by atoms with Crippen LogP contribution in [0.5, 0.6) is 0 Å². The second-order valence-electron chi connectivity index (χ2n) is 7.87. The van der Waals surface area contributed by atoms with E-state index in [-0.39, 0.29) is 0 Å². The maximum absolute atomic E-state index is 12.0. The van der Waals surface area contributed by atoms with Crippen molar-refractivity contribution in [1.29, 1.82) is 0 Å². The summed E-state index contributed by atoms with van der Waals surface area (Å²) in [4.78, 5) is 23.2. The summed E-state index contributed by atoms with van der Waals surface area (Å²) >= 11 is 0. The molecule has 1 aliphatic rings. The number of hydrogen-bond acceptors (Lipinski definition) is 8. The molecule has 33 heavy (non-hydrogen) atoms. The van der Waals surface area contributed by atoms with Crippen molar-refractivity contribution in [1.82, 2.24) is 9.97 Å². The van der Waals surface area contributed by atoms with Crippen LogP contribution in [-0.2, 0) is 9.53 Å². The van der Waals surface area contributed by atoms with Gasteiger partial charge in [-0.15, -0.1) is 0 Å². The molecule has 2 aromatic carbocycles. The molecule has 2 atom stereocenters. The first-order valence-electron chi connectivity index (χ1n) is 10.9. The van der Waals surface area contributed by atoms with Crippen molar-refractivity contribution in [3.63, 3.8) is 0 Å². The fourth-order valence-electron chi connectivity index (χ4n) is 3.45. The number of nitrogens with one attached hydrogen (secondary N) is 2. The average Bonchev–Trinajstić information content (AvgIpc) is 2.85. The Hall–Kier alpha value is -3.53. The van der Waals surface area contributed by atoms with Crippen LogP contribution in [0.3, 0.4) is 0 Å². The van der Waals surface area contributed by atoms with Crippen molar-refractivity contribution >= 4 is 28.9 Å². The lowest BCUT2D eigenvalue weighted by Crippen LogP contribution is -2.43. The van der Waals surface area contributed by atoms with Crippen LogP contribution in [0.2, 0.25) is 0 Å². The number of morpholine rings is 1. The van der Waals surface area contributed by atoms with Gasteiger partial charge < -0.3 is 31.1 Å². The largest absolute Gasteiger partial charge is 0.391 e. The van der Waals surface area contributed by atoms with Crippen LogP contribution in [-0.4, -0.2) is 59.4 Å². The van der Waals surface area contributed by atoms with E-state index in [1.807, 2.05) is 30.3 Å². The third-order valence-corrected chi connectivity index (χ3v) is 5.43. The molecule has 172 valence electrons. The molecule has 0 bridgehead atoms. The van der Waals surface area contributed by atoms with E-state index in [9.17, 15) is 9.90 Å². The van der Waals surface area contributed by atoms with Gasteiger partial charge in [0.25, 0.3) is 0 Å². The Kier molecular flexibility index (Phi) is 7.13. The van der Waals surface area contributed by atoms with E-state index < -0.39 is 18.1 Å². The minimum Gasteiger partial charge on any atom is -0.391 e. The molecule has 1 aliphatic heterocycles. The van der Waals surface area contributed by atoms with Gasteiger partial charge in [-0.2, -0.15) is 0 Å². The molecule has 3 aromatic rings. The Morgan fingerprint density at radius 2 is 1.73 bits per heavy atom. The van der Waals surface area contributed by atoms with Gasteiger partial charge in [-0.3, -0.25) is 4.79 Å². The summed E-state index contributed by atoms with van der Waals surface area (Å²) in [6.07, 6.45) is 0.774. The zero-order valence-corrected chi connectivity index (χ0v) is 18.4. The predicted octanol–water partition coefficient (Wildman–Crippen LogP) is 2.37. The second-order valence-corrected chi connectivity index (χ2v) is 7.87. The molecule has 4 rings (SSSR count). The molecule has 9 nitrogen and oxygen atoms in total. The van der Waals surface area contributed by atoms with Crippen molar-refractivity contribution in [2.24, 2.45) is 5.73 Å². The van der Waals surface area contributed by atoms with Gasteiger partial charge in [-0.1, -0.05) is 12.1 Å². The van der Waals surface area contributed by atoms with Crippen LogP contribution in [0.25, 0.3) is 11.3 Å². The van der Waals surface area contributed by atoms with E-state index in [4.69, 9.17) is 10.5 Å². The minimum absolute atomic E-state index is 0.439. The molecule has 0 spiro atoms. The maximum Gasteiger partial charge on any atom is 0.243 e. The molecule has 2 heterocycles. The molecule has 0 radical (unpaired) electrons. The molecule has 1 fully saturated rings. The molecule has 9 heteroatoms. The Labute approximate surface area is 192 Å². The summed E-state index contributed by atoms with van der Waals surface area (Å²) in [5.41, 5.74) is 9.94. The summed E-state index contributed by atoms with van der Waals surface area (Å²) in [7, 11) is 0. The van der Waals surface area contributed by atoms with Crippen molar-refractivity contribution in [3.05, 3.63) is 60.8 Å². The van der Waals surface area contributed by atoms with Gasteiger partial charge in [-0.05, 0) is 49.4 Å². The zero-order chi connectivity index (χ0) is 23.2. The van der Waals surface area contributed by atoms with Crippen molar-refractivity contribution < 1.29 is 14.6 Å². The molecule has 0 saturated carbocycles. The van der Waals surface area contributed by atoms with Crippen LogP contribution in [0.1, 0.15) is 6.92 Å².